The zero-order chi connectivity index (χ0) is 19.7. The molecule has 28 heavy (non-hydrogen) atoms. The number of carbonyl (C=O) groups is 1. The fraction of sp³-hybridized carbons (Fsp3) is 0.0476. The average Bonchev–Trinajstić information content (AvgIpc) is 3.12. The molecule has 4 rings (SSSR count). The minimum atomic E-state index is -0.533. The zero-order valence-corrected chi connectivity index (χ0v) is 15.0. The highest BCUT2D eigenvalue weighted by Crippen LogP contribution is 2.26. The number of benzene rings is 3. The van der Waals surface area contributed by atoms with Crippen molar-refractivity contribution in [2.45, 2.75) is 6.92 Å². The molecule has 0 aliphatic heterocycles. The molecule has 7 nitrogen and oxygen atoms in total. The highest BCUT2D eigenvalue weighted by atomic mass is 16.6. The number of H-pyrrole nitrogens is 1. The highest BCUT2D eigenvalue weighted by Gasteiger charge is 2.22. The lowest BCUT2D eigenvalue weighted by atomic mass is 10.1. The second-order valence-corrected chi connectivity index (χ2v) is 6.37. The summed E-state index contributed by atoms with van der Waals surface area (Å²) in [7, 11) is 0. The first-order chi connectivity index (χ1) is 13.5. The predicted molar refractivity (Wildman–Crippen MR) is 107 cm³/mol. The van der Waals surface area contributed by atoms with Crippen molar-refractivity contribution in [3.8, 4) is 11.4 Å². The maximum absolute atomic E-state index is 12.6. The summed E-state index contributed by atoms with van der Waals surface area (Å²) in [5, 5.41) is 14.1. The van der Waals surface area contributed by atoms with Gasteiger partial charge in [0.15, 0.2) is 0 Å². The van der Waals surface area contributed by atoms with Gasteiger partial charge in [-0.2, -0.15) is 0 Å². The Morgan fingerprint density at radius 1 is 1.07 bits per heavy atom. The molecule has 0 bridgehead atoms. The average molecular weight is 372 g/mol. The Morgan fingerprint density at radius 3 is 2.64 bits per heavy atom. The van der Waals surface area contributed by atoms with Crippen molar-refractivity contribution in [1.82, 2.24) is 9.97 Å². The third-order valence-corrected chi connectivity index (χ3v) is 4.45. The highest BCUT2D eigenvalue weighted by molar-refractivity contribution is 6.07. The lowest BCUT2D eigenvalue weighted by molar-refractivity contribution is -0.385. The number of imidazole rings is 1. The molecule has 2 N–H and O–H groups in total. The number of aromatic nitrogens is 2. The molecule has 7 heteroatoms. The summed E-state index contributed by atoms with van der Waals surface area (Å²) < 4.78 is 0. The van der Waals surface area contributed by atoms with Gasteiger partial charge in [0.05, 0.1) is 16.0 Å². The van der Waals surface area contributed by atoms with E-state index in [4.69, 9.17) is 0 Å². The van der Waals surface area contributed by atoms with E-state index < -0.39 is 10.8 Å². The number of hydrogen-bond acceptors (Lipinski definition) is 4. The number of aromatic amines is 1. The number of para-hydroxylation sites is 3. The van der Waals surface area contributed by atoms with E-state index in [-0.39, 0.29) is 11.3 Å². The number of rotatable bonds is 4. The molecule has 0 saturated heterocycles. The lowest BCUT2D eigenvalue weighted by Gasteiger charge is -2.08. The Labute approximate surface area is 160 Å². The predicted octanol–water partition coefficient (Wildman–Crippen LogP) is 4.70. The monoisotopic (exact) mass is 372 g/mol. The van der Waals surface area contributed by atoms with Gasteiger partial charge in [-0.1, -0.05) is 36.4 Å². The van der Waals surface area contributed by atoms with Crippen molar-refractivity contribution in [2.75, 3.05) is 5.32 Å². The van der Waals surface area contributed by atoms with Gasteiger partial charge in [-0.25, -0.2) is 4.98 Å². The SMILES string of the molecule is Cc1cccc(C(=O)Nc2cccc(-c3nc4ccccc4[nH]3)c2)c1[N+](=O)[O-]. The topological polar surface area (TPSA) is 101 Å². The molecule has 138 valence electrons. The van der Waals surface area contributed by atoms with Crippen LogP contribution in [0, 0.1) is 17.0 Å². The third-order valence-electron chi connectivity index (χ3n) is 4.45. The van der Waals surface area contributed by atoms with Gasteiger partial charge < -0.3 is 10.3 Å². The molecule has 0 saturated carbocycles. The molecular weight excluding hydrogens is 356 g/mol. The maximum Gasteiger partial charge on any atom is 0.285 e. The number of nitrogens with zero attached hydrogens (tertiary/aromatic N) is 2. The number of hydrogen-bond donors (Lipinski definition) is 2. The first kappa shape index (κ1) is 17.4. The second-order valence-electron chi connectivity index (χ2n) is 6.37. The molecule has 0 unspecified atom stereocenters. The fourth-order valence-electron chi connectivity index (χ4n) is 3.12. The van der Waals surface area contributed by atoms with Crippen molar-refractivity contribution < 1.29 is 9.72 Å². The molecule has 0 fully saturated rings. The minimum absolute atomic E-state index is 0.0270. The zero-order valence-electron chi connectivity index (χ0n) is 15.0. The first-order valence-corrected chi connectivity index (χ1v) is 8.63. The van der Waals surface area contributed by atoms with Crippen LogP contribution >= 0.6 is 0 Å². The number of nitro groups is 1. The summed E-state index contributed by atoms with van der Waals surface area (Å²) in [4.78, 5) is 31.2. The van der Waals surface area contributed by atoms with Gasteiger partial charge in [0.1, 0.15) is 11.4 Å². The largest absolute Gasteiger partial charge is 0.338 e. The molecule has 1 amide bonds. The van der Waals surface area contributed by atoms with Crippen LogP contribution in [-0.2, 0) is 0 Å². The van der Waals surface area contributed by atoms with Gasteiger partial charge in [0.2, 0.25) is 0 Å². The van der Waals surface area contributed by atoms with Gasteiger partial charge in [-0.15, -0.1) is 0 Å². The van der Waals surface area contributed by atoms with Crippen LogP contribution in [0.15, 0.2) is 66.7 Å². The van der Waals surface area contributed by atoms with E-state index in [1.54, 1.807) is 37.3 Å². The van der Waals surface area contributed by atoms with Gasteiger partial charge in [0, 0.05) is 16.8 Å². The van der Waals surface area contributed by atoms with E-state index in [9.17, 15) is 14.9 Å². The van der Waals surface area contributed by atoms with Crippen LogP contribution in [-0.4, -0.2) is 20.8 Å². The minimum Gasteiger partial charge on any atom is -0.338 e. The van der Waals surface area contributed by atoms with E-state index >= 15 is 0 Å². The number of fused-ring (bicyclic) bond motifs is 1. The number of amides is 1. The molecule has 1 aromatic heterocycles. The molecule has 0 aliphatic carbocycles. The van der Waals surface area contributed by atoms with Crippen molar-refractivity contribution in [3.05, 3.63) is 88.0 Å². The molecule has 1 heterocycles. The van der Waals surface area contributed by atoms with Crippen LogP contribution < -0.4 is 5.32 Å². The summed E-state index contributed by atoms with van der Waals surface area (Å²) in [6, 6.07) is 19.6. The quantitative estimate of drug-likeness (QED) is 0.400. The van der Waals surface area contributed by atoms with Crippen molar-refractivity contribution in [3.63, 3.8) is 0 Å². The van der Waals surface area contributed by atoms with E-state index in [2.05, 4.69) is 15.3 Å². The number of anilines is 1. The van der Waals surface area contributed by atoms with Crippen LogP contribution in [0.3, 0.4) is 0 Å². The molecule has 4 aromatic rings. The first-order valence-electron chi connectivity index (χ1n) is 8.63. The number of nitrogens with one attached hydrogen (secondary N) is 2. The molecule has 3 aromatic carbocycles. The van der Waals surface area contributed by atoms with Gasteiger partial charge in [0.25, 0.3) is 11.6 Å². The second kappa shape index (κ2) is 6.96. The van der Waals surface area contributed by atoms with E-state index in [0.29, 0.717) is 17.1 Å². The standard InChI is InChI=1S/C21H16N4O3/c1-13-6-4-9-16(19(13)25(27)28)21(26)22-15-8-5-7-14(12-15)20-23-17-10-2-3-11-18(17)24-20/h2-12H,1H3,(H,22,26)(H,23,24). The van der Waals surface area contributed by atoms with Gasteiger partial charge >= 0.3 is 0 Å². The number of aryl methyl sites for hydroxylation is 1. The Morgan fingerprint density at radius 2 is 1.86 bits per heavy atom. The molecular formula is C21H16N4O3. The van der Waals surface area contributed by atoms with Crippen LogP contribution in [0.1, 0.15) is 15.9 Å². The molecule has 0 atom stereocenters. The fourth-order valence-corrected chi connectivity index (χ4v) is 3.12. The normalized spacial score (nSPS) is 10.8. The summed E-state index contributed by atoms with van der Waals surface area (Å²) in [5.41, 5.74) is 3.37. The Hall–Kier alpha value is -4.00. The van der Waals surface area contributed by atoms with E-state index in [1.165, 1.54) is 6.07 Å². The van der Waals surface area contributed by atoms with Crippen LogP contribution in [0.5, 0.6) is 0 Å². The third kappa shape index (κ3) is 3.21. The van der Waals surface area contributed by atoms with Crippen LogP contribution in [0.2, 0.25) is 0 Å². The number of carbonyl (C=O) groups excluding carboxylic acids is 1. The lowest BCUT2D eigenvalue weighted by Crippen LogP contribution is -2.14. The van der Waals surface area contributed by atoms with Crippen molar-refractivity contribution in [1.29, 1.82) is 0 Å². The van der Waals surface area contributed by atoms with Crippen LogP contribution in [0.25, 0.3) is 22.4 Å². The number of nitro benzene ring substituents is 1. The summed E-state index contributed by atoms with van der Waals surface area (Å²) in [6.45, 7) is 1.61. The molecule has 0 aliphatic rings. The molecule has 0 spiro atoms. The summed E-state index contributed by atoms with van der Waals surface area (Å²) >= 11 is 0. The van der Waals surface area contributed by atoms with Crippen LogP contribution in [0.4, 0.5) is 11.4 Å². The Balaban J connectivity index is 1.65. The Kier molecular flexibility index (Phi) is 4.33. The smallest absolute Gasteiger partial charge is 0.285 e. The van der Waals surface area contributed by atoms with E-state index in [1.807, 2.05) is 30.3 Å². The van der Waals surface area contributed by atoms with Crippen molar-refractivity contribution in [2.24, 2.45) is 0 Å². The van der Waals surface area contributed by atoms with E-state index in [0.717, 1.165) is 16.6 Å². The van der Waals surface area contributed by atoms with Gasteiger partial charge in [-0.05, 0) is 37.3 Å². The van der Waals surface area contributed by atoms with Crippen molar-refractivity contribution >= 4 is 28.3 Å². The maximum atomic E-state index is 12.6. The van der Waals surface area contributed by atoms with Gasteiger partial charge in [-0.3, -0.25) is 14.9 Å². The Bertz CT molecular complexity index is 1180. The summed E-state index contributed by atoms with van der Waals surface area (Å²) in [6.07, 6.45) is 0. The summed E-state index contributed by atoms with van der Waals surface area (Å²) in [5.74, 6) is 0.149. The molecule has 0 radical (unpaired) electrons.